The molecule has 0 aliphatic rings. The Labute approximate surface area is 115 Å². The second kappa shape index (κ2) is 13.1. The van der Waals surface area contributed by atoms with E-state index in [4.69, 9.17) is 9.84 Å². The van der Waals surface area contributed by atoms with Gasteiger partial charge < -0.3 is 9.84 Å². The monoisotopic (exact) mass is 270 g/mol. The van der Waals surface area contributed by atoms with Crippen LogP contribution in [0.4, 0.5) is 0 Å². The molecule has 0 bridgehead atoms. The molecule has 0 unspecified atom stereocenters. The van der Waals surface area contributed by atoms with E-state index in [2.05, 4.69) is 6.92 Å². The fourth-order valence-corrected chi connectivity index (χ4v) is 1.62. The molecule has 0 radical (unpaired) electrons. The lowest BCUT2D eigenvalue weighted by Gasteiger charge is -2.02. The van der Waals surface area contributed by atoms with Crippen molar-refractivity contribution < 1.29 is 19.4 Å². The van der Waals surface area contributed by atoms with Crippen LogP contribution in [0.3, 0.4) is 0 Å². The molecule has 0 amide bonds. The van der Waals surface area contributed by atoms with Crippen LogP contribution in [0.15, 0.2) is 12.2 Å². The van der Waals surface area contributed by atoms with E-state index in [0.29, 0.717) is 19.4 Å². The summed E-state index contributed by atoms with van der Waals surface area (Å²) in [6.07, 6.45) is 11.2. The van der Waals surface area contributed by atoms with E-state index < -0.39 is 5.97 Å². The Morgan fingerprint density at radius 3 is 2.32 bits per heavy atom. The number of aliphatic carboxylic acids is 1. The van der Waals surface area contributed by atoms with E-state index in [9.17, 15) is 9.59 Å². The molecule has 0 heterocycles. The summed E-state index contributed by atoms with van der Waals surface area (Å²) in [5.41, 5.74) is 0. The Bertz CT molecular complexity index is 271. The number of unbranched alkanes of at least 4 members (excludes halogenated alkanes) is 5. The van der Waals surface area contributed by atoms with Crippen molar-refractivity contribution in [2.24, 2.45) is 0 Å². The van der Waals surface area contributed by atoms with Crippen LogP contribution in [0.5, 0.6) is 0 Å². The van der Waals surface area contributed by atoms with Crippen molar-refractivity contribution >= 4 is 11.9 Å². The number of hydrogen-bond acceptors (Lipinski definition) is 3. The predicted molar refractivity (Wildman–Crippen MR) is 75.0 cm³/mol. The standard InChI is InChI=1S/C15H26O4/c1-2-3-4-7-10-13-19-15(18)12-9-6-5-8-11-14(16)17/h7,10H,2-6,8-9,11-13H2,1H3,(H,16,17). The third-order valence-corrected chi connectivity index (χ3v) is 2.75. The first-order chi connectivity index (χ1) is 9.16. The van der Waals surface area contributed by atoms with Gasteiger partial charge in [0.05, 0.1) is 0 Å². The van der Waals surface area contributed by atoms with Crippen LogP contribution in [0, 0.1) is 0 Å². The van der Waals surface area contributed by atoms with Crippen LogP contribution in [-0.2, 0) is 14.3 Å². The molecule has 4 heteroatoms. The SMILES string of the molecule is CCCCC=CCOC(=O)CCCCCCC(=O)O. The van der Waals surface area contributed by atoms with Crippen LogP contribution < -0.4 is 0 Å². The van der Waals surface area contributed by atoms with E-state index >= 15 is 0 Å². The largest absolute Gasteiger partial charge is 0.481 e. The van der Waals surface area contributed by atoms with E-state index in [0.717, 1.165) is 25.7 Å². The number of rotatable bonds is 12. The Morgan fingerprint density at radius 1 is 1.00 bits per heavy atom. The third-order valence-electron chi connectivity index (χ3n) is 2.75. The Kier molecular flexibility index (Phi) is 12.2. The lowest BCUT2D eigenvalue weighted by molar-refractivity contribution is -0.142. The molecule has 0 aromatic rings. The summed E-state index contributed by atoms with van der Waals surface area (Å²) >= 11 is 0. The number of hydrogen-bond donors (Lipinski definition) is 1. The van der Waals surface area contributed by atoms with Crippen molar-refractivity contribution in [1.82, 2.24) is 0 Å². The summed E-state index contributed by atoms with van der Waals surface area (Å²) in [5.74, 6) is -0.923. The zero-order valence-corrected chi connectivity index (χ0v) is 11.9. The maximum Gasteiger partial charge on any atom is 0.306 e. The maximum absolute atomic E-state index is 11.3. The van der Waals surface area contributed by atoms with Gasteiger partial charge in [0.25, 0.3) is 0 Å². The maximum atomic E-state index is 11.3. The minimum absolute atomic E-state index is 0.168. The zero-order chi connectivity index (χ0) is 14.3. The van der Waals surface area contributed by atoms with E-state index in [1.807, 2.05) is 12.2 Å². The quantitative estimate of drug-likeness (QED) is 0.333. The van der Waals surface area contributed by atoms with Gasteiger partial charge in [-0.05, 0) is 19.3 Å². The number of ether oxygens (including phenoxy) is 1. The molecule has 19 heavy (non-hydrogen) atoms. The highest BCUT2D eigenvalue weighted by Crippen LogP contribution is 2.06. The highest BCUT2D eigenvalue weighted by Gasteiger charge is 2.02. The van der Waals surface area contributed by atoms with Gasteiger partial charge in [-0.3, -0.25) is 9.59 Å². The molecule has 0 aromatic carbocycles. The second-order valence-electron chi connectivity index (χ2n) is 4.60. The second-order valence-corrected chi connectivity index (χ2v) is 4.60. The molecular formula is C15H26O4. The van der Waals surface area contributed by atoms with Crippen LogP contribution in [-0.4, -0.2) is 23.7 Å². The van der Waals surface area contributed by atoms with Crippen molar-refractivity contribution in [2.45, 2.75) is 64.7 Å². The zero-order valence-electron chi connectivity index (χ0n) is 11.9. The van der Waals surface area contributed by atoms with Gasteiger partial charge in [-0.2, -0.15) is 0 Å². The lowest BCUT2D eigenvalue weighted by Crippen LogP contribution is -2.04. The summed E-state index contributed by atoms with van der Waals surface area (Å²) in [7, 11) is 0. The number of esters is 1. The van der Waals surface area contributed by atoms with Gasteiger partial charge in [-0.1, -0.05) is 44.8 Å². The van der Waals surface area contributed by atoms with Crippen molar-refractivity contribution in [2.75, 3.05) is 6.61 Å². The number of carboxylic acids is 1. The van der Waals surface area contributed by atoms with E-state index in [1.165, 1.54) is 12.8 Å². The van der Waals surface area contributed by atoms with Gasteiger partial charge in [0.1, 0.15) is 6.61 Å². The number of allylic oxidation sites excluding steroid dienone is 1. The smallest absolute Gasteiger partial charge is 0.306 e. The highest BCUT2D eigenvalue weighted by atomic mass is 16.5. The number of carboxylic acid groups (broad SMARTS) is 1. The van der Waals surface area contributed by atoms with Gasteiger partial charge in [0, 0.05) is 12.8 Å². The molecular weight excluding hydrogens is 244 g/mol. The summed E-state index contributed by atoms with van der Waals surface area (Å²) in [6.45, 7) is 2.51. The summed E-state index contributed by atoms with van der Waals surface area (Å²) < 4.78 is 5.05. The van der Waals surface area contributed by atoms with Gasteiger partial charge in [-0.15, -0.1) is 0 Å². The van der Waals surface area contributed by atoms with Gasteiger partial charge in [-0.25, -0.2) is 0 Å². The predicted octanol–water partition coefficient (Wildman–Crippen LogP) is 3.70. The van der Waals surface area contributed by atoms with Crippen LogP contribution >= 0.6 is 0 Å². The molecule has 0 saturated heterocycles. The minimum Gasteiger partial charge on any atom is -0.481 e. The van der Waals surface area contributed by atoms with Crippen molar-refractivity contribution in [3.8, 4) is 0 Å². The fraction of sp³-hybridized carbons (Fsp3) is 0.733. The van der Waals surface area contributed by atoms with Crippen molar-refractivity contribution in [3.63, 3.8) is 0 Å². The summed E-state index contributed by atoms with van der Waals surface area (Å²) in [5, 5.41) is 8.45. The molecule has 0 spiro atoms. The molecule has 1 N–H and O–H groups in total. The topological polar surface area (TPSA) is 63.6 Å². The van der Waals surface area contributed by atoms with Crippen molar-refractivity contribution in [3.05, 3.63) is 12.2 Å². The Balaban J connectivity index is 3.30. The molecule has 0 aliphatic heterocycles. The highest BCUT2D eigenvalue weighted by molar-refractivity contribution is 5.69. The average Bonchev–Trinajstić information content (AvgIpc) is 2.37. The first-order valence-corrected chi connectivity index (χ1v) is 7.19. The Hall–Kier alpha value is -1.32. The molecule has 110 valence electrons. The molecule has 4 nitrogen and oxygen atoms in total. The van der Waals surface area contributed by atoms with E-state index in [1.54, 1.807) is 0 Å². The van der Waals surface area contributed by atoms with E-state index in [-0.39, 0.29) is 12.4 Å². The number of carbonyl (C=O) groups excluding carboxylic acids is 1. The fourth-order valence-electron chi connectivity index (χ4n) is 1.62. The van der Waals surface area contributed by atoms with Crippen LogP contribution in [0.1, 0.15) is 64.7 Å². The van der Waals surface area contributed by atoms with Gasteiger partial charge in [0.15, 0.2) is 0 Å². The van der Waals surface area contributed by atoms with Gasteiger partial charge in [0.2, 0.25) is 0 Å². The van der Waals surface area contributed by atoms with Crippen molar-refractivity contribution in [1.29, 1.82) is 0 Å². The minimum atomic E-state index is -0.755. The number of carbonyl (C=O) groups is 2. The van der Waals surface area contributed by atoms with Crippen LogP contribution in [0.25, 0.3) is 0 Å². The molecule has 0 saturated carbocycles. The first kappa shape index (κ1) is 17.7. The van der Waals surface area contributed by atoms with Gasteiger partial charge >= 0.3 is 11.9 Å². The molecule has 0 aliphatic carbocycles. The summed E-state index contributed by atoms with van der Waals surface area (Å²) in [4.78, 5) is 21.6. The lowest BCUT2D eigenvalue weighted by atomic mass is 10.1. The summed E-state index contributed by atoms with van der Waals surface area (Å²) in [6, 6.07) is 0. The Morgan fingerprint density at radius 2 is 1.68 bits per heavy atom. The first-order valence-electron chi connectivity index (χ1n) is 7.19. The normalized spacial score (nSPS) is 10.8. The molecule has 0 fully saturated rings. The van der Waals surface area contributed by atoms with Crippen LogP contribution in [0.2, 0.25) is 0 Å². The molecule has 0 aromatic heterocycles. The third kappa shape index (κ3) is 14.6. The molecule has 0 atom stereocenters. The average molecular weight is 270 g/mol. The molecule has 0 rings (SSSR count).